The SMILES string of the molecule is COC(=O)CCCCc1ccc([N+](=O)[O-])c(-c2ccccc2)c1Cl. The first-order valence-electron chi connectivity index (χ1n) is 7.62. The molecule has 0 aromatic heterocycles. The molecule has 6 heteroatoms. The summed E-state index contributed by atoms with van der Waals surface area (Å²) in [6.07, 6.45) is 2.43. The van der Waals surface area contributed by atoms with Crippen molar-refractivity contribution in [3.8, 4) is 11.1 Å². The van der Waals surface area contributed by atoms with Crippen LogP contribution in [-0.4, -0.2) is 18.0 Å². The molecule has 0 heterocycles. The van der Waals surface area contributed by atoms with E-state index in [9.17, 15) is 14.9 Å². The van der Waals surface area contributed by atoms with E-state index in [4.69, 9.17) is 11.6 Å². The highest BCUT2D eigenvalue weighted by atomic mass is 35.5. The number of hydrogen-bond donors (Lipinski definition) is 0. The standard InChI is InChI=1S/C18H18ClNO4/c1-24-16(21)10-6-5-9-14-11-12-15(20(22)23)17(18(14)19)13-7-3-2-4-8-13/h2-4,7-8,11-12H,5-6,9-10H2,1H3. The molecule has 0 aliphatic heterocycles. The fourth-order valence-corrected chi connectivity index (χ4v) is 2.88. The van der Waals surface area contributed by atoms with Crippen molar-refractivity contribution in [1.82, 2.24) is 0 Å². The van der Waals surface area contributed by atoms with Crippen LogP contribution in [0.5, 0.6) is 0 Å². The quantitative estimate of drug-likeness (QED) is 0.312. The van der Waals surface area contributed by atoms with Gasteiger partial charge in [-0.1, -0.05) is 48.0 Å². The largest absolute Gasteiger partial charge is 0.469 e. The molecule has 0 saturated carbocycles. The average Bonchev–Trinajstić information content (AvgIpc) is 2.59. The molecule has 24 heavy (non-hydrogen) atoms. The number of nitro groups is 1. The predicted molar refractivity (Wildman–Crippen MR) is 93.1 cm³/mol. The smallest absolute Gasteiger partial charge is 0.305 e. The molecule has 0 bridgehead atoms. The van der Waals surface area contributed by atoms with Crippen LogP contribution in [0.25, 0.3) is 11.1 Å². The number of hydrogen-bond acceptors (Lipinski definition) is 4. The van der Waals surface area contributed by atoms with Gasteiger partial charge < -0.3 is 4.74 Å². The van der Waals surface area contributed by atoms with Crippen molar-refractivity contribution in [3.05, 3.63) is 63.2 Å². The fourth-order valence-electron chi connectivity index (χ4n) is 2.52. The van der Waals surface area contributed by atoms with Gasteiger partial charge in [-0.25, -0.2) is 0 Å². The first kappa shape index (κ1) is 17.9. The number of benzene rings is 2. The van der Waals surface area contributed by atoms with Gasteiger partial charge in [-0.2, -0.15) is 0 Å². The van der Waals surface area contributed by atoms with E-state index in [0.717, 1.165) is 12.0 Å². The van der Waals surface area contributed by atoms with E-state index in [0.29, 0.717) is 35.4 Å². The number of nitro benzene ring substituents is 1. The van der Waals surface area contributed by atoms with Gasteiger partial charge in [0.2, 0.25) is 0 Å². The van der Waals surface area contributed by atoms with Crippen LogP contribution in [-0.2, 0) is 16.0 Å². The van der Waals surface area contributed by atoms with Gasteiger partial charge in [0, 0.05) is 12.5 Å². The number of unbranched alkanes of at least 4 members (excludes halogenated alkanes) is 1. The fraction of sp³-hybridized carbons (Fsp3) is 0.278. The molecular weight excluding hydrogens is 330 g/mol. The molecule has 0 aliphatic carbocycles. The summed E-state index contributed by atoms with van der Waals surface area (Å²) in [5, 5.41) is 11.7. The third-order valence-corrected chi connectivity index (χ3v) is 4.20. The Balaban J connectivity index is 2.25. The molecule has 5 nitrogen and oxygen atoms in total. The van der Waals surface area contributed by atoms with Crippen LogP contribution < -0.4 is 0 Å². The highest BCUT2D eigenvalue weighted by molar-refractivity contribution is 6.34. The molecule has 2 aromatic carbocycles. The van der Waals surface area contributed by atoms with Gasteiger partial charge in [-0.3, -0.25) is 14.9 Å². The normalized spacial score (nSPS) is 10.4. The van der Waals surface area contributed by atoms with Crippen molar-refractivity contribution in [2.45, 2.75) is 25.7 Å². The molecule has 0 saturated heterocycles. The van der Waals surface area contributed by atoms with Crippen LogP contribution in [0.3, 0.4) is 0 Å². The summed E-state index contributed by atoms with van der Waals surface area (Å²) in [5.41, 5.74) is 1.98. The monoisotopic (exact) mass is 347 g/mol. The maximum atomic E-state index is 11.3. The molecule has 2 rings (SSSR count). The number of methoxy groups -OCH3 is 1. The van der Waals surface area contributed by atoms with Crippen LogP contribution in [0.15, 0.2) is 42.5 Å². The summed E-state index contributed by atoms with van der Waals surface area (Å²) < 4.78 is 4.61. The van der Waals surface area contributed by atoms with Gasteiger partial charge in [-0.05, 0) is 30.4 Å². The maximum absolute atomic E-state index is 11.3. The minimum Gasteiger partial charge on any atom is -0.469 e. The Morgan fingerprint density at radius 1 is 1.17 bits per heavy atom. The molecule has 0 fully saturated rings. The first-order valence-corrected chi connectivity index (χ1v) is 8.00. The number of carbonyl (C=O) groups is 1. The zero-order valence-corrected chi connectivity index (χ0v) is 14.1. The lowest BCUT2D eigenvalue weighted by molar-refractivity contribution is -0.384. The first-order chi connectivity index (χ1) is 11.5. The van der Waals surface area contributed by atoms with Gasteiger partial charge in [-0.15, -0.1) is 0 Å². The van der Waals surface area contributed by atoms with Crippen LogP contribution in [0, 0.1) is 10.1 Å². The van der Waals surface area contributed by atoms with Crippen LogP contribution in [0.2, 0.25) is 5.02 Å². The Morgan fingerprint density at radius 3 is 2.50 bits per heavy atom. The minimum absolute atomic E-state index is 0.00971. The number of rotatable bonds is 7. The molecule has 0 unspecified atom stereocenters. The second-order valence-electron chi connectivity index (χ2n) is 5.34. The Morgan fingerprint density at radius 2 is 1.88 bits per heavy atom. The summed E-state index contributed by atoms with van der Waals surface area (Å²) in [6.45, 7) is 0. The summed E-state index contributed by atoms with van der Waals surface area (Å²) in [5.74, 6) is -0.241. The lowest BCUT2D eigenvalue weighted by Gasteiger charge is -2.11. The highest BCUT2D eigenvalue weighted by Crippen LogP contribution is 2.38. The molecule has 0 aliphatic rings. The maximum Gasteiger partial charge on any atom is 0.305 e. The van der Waals surface area contributed by atoms with E-state index < -0.39 is 4.92 Å². The van der Waals surface area contributed by atoms with E-state index in [1.807, 2.05) is 18.2 Å². The molecule has 0 atom stereocenters. The lowest BCUT2D eigenvalue weighted by atomic mass is 9.98. The third kappa shape index (κ3) is 4.32. The van der Waals surface area contributed by atoms with Crippen LogP contribution in [0.4, 0.5) is 5.69 Å². The van der Waals surface area contributed by atoms with E-state index in [-0.39, 0.29) is 11.7 Å². The zero-order chi connectivity index (χ0) is 17.5. The van der Waals surface area contributed by atoms with E-state index in [1.165, 1.54) is 13.2 Å². The molecule has 126 valence electrons. The van der Waals surface area contributed by atoms with Gasteiger partial charge >= 0.3 is 5.97 Å². The van der Waals surface area contributed by atoms with E-state index >= 15 is 0 Å². The average molecular weight is 348 g/mol. The molecule has 0 radical (unpaired) electrons. The summed E-state index contributed by atoms with van der Waals surface area (Å²) in [4.78, 5) is 22.0. The van der Waals surface area contributed by atoms with Crippen LogP contribution in [0.1, 0.15) is 24.8 Å². The third-order valence-electron chi connectivity index (χ3n) is 3.76. The second-order valence-corrected chi connectivity index (χ2v) is 5.72. The van der Waals surface area contributed by atoms with Crippen molar-refractivity contribution in [1.29, 1.82) is 0 Å². The van der Waals surface area contributed by atoms with Gasteiger partial charge in [0.25, 0.3) is 5.69 Å². The Hall–Kier alpha value is -2.40. The molecule has 0 N–H and O–H groups in total. The summed E-state index contributed by atoms with van der Waals surface area (Å²) >= 11 is 6.47. The van der Waals surface area contributed by atoms with E-state index in [2.05, 4.69) is 4.74 Å². The second kappa shape index (κ2) is 8.45. The van der Waals surface area contributed by atoms with Crippen molar-refractivity contribution in [2.24, 2.45) is 0 Å². The molecule has 0 spiro atoms. The van der Waals surface area contributed by atoms with Crippen molar-refractivity contribution < 1.29 is 14.5 Å². The van der Waals surface area contributed by atoms with Gasteiger partial charge in [0.05, 0.1) is 22.6 Å². The van der Waals surface area contributed by atoms with Crippen molar-refractivity contribution >= 4 is 23.3 Å². The number of ether oxygens (including phenoxy) is 1. The Bertz CT molecular complexity index is 731. The lowest BCUT2D eigenvalue weighted by Crippen LogP contribution is -2.00. The number of halogens is 1. The number of esters is 1. The zero-order valence-electron chi connectivity index (χ0n) is 13.3. The number of carbonyl (C=O) groups excluding carboxylic acids is 1. The van der Waals surface area contributed by atoms with Crippen molar-refractivity contribution in [2.75, 3.05) is 7.11 Å². The summed E-state index contributed by atoms with van der Waals surface area (Å²) in [7, 11) is 1.36. The Labute approximate surface area is 145 Å². The highest BCUT2D eigenvalue weighted by Gasteiger charge is 2.21. The molecule has 2 aromatic rings. The predicted octanol–water partition coefficient (Wildman–Crippen LogP) is 4.80. The molecular formula is C18H18ClNO4. The van der Waals surface area contributed by atoms with Gasteiger partial charge in [0.1, 0.15) is 0 Å². The Kier molecular flexibility index (Phi) is 6.32. The topological polar surface area (TPSA) is 69.4 Å². The minimum atomic E-state index is -0.421. The molecule has 0 amide bonds. The number of nitrogens with zero attached hydrogens (tertiary/aromatic N) is 1. The van der Waals surface area contributed by atoms with Gasteiger partial charge in [0.15, 0.2) is 0 Å². The van der Waals surface area contributed by atoms with Crippen molar-refractivity contribution in [3.63, 3.8) is 0 Å². The van der Waals surface area contributed by atoms with Crippen LogP contribution >= 0.6 is 11.6 Å². The van der Waals surface area contributed by atoms with E-state index in [1.54, 1.807) is 18.2 Å². The summed E-state index contributed by atoms with van der Waals surface area (Å²) in [6, 6.07) is 12.3. The number of aryl methyl sites for hydroxylation is 1.